The molecule has 0 radical (unpaired) electrons. The highest BCUT2D eigenvalue weighted by molar-refractivity contribution is 6.04. The maximum Gasteiger partial charge on any atom is 0.338 e. The van der Waals surface area contributed by atoms with Crippen LogP contribution < -0.4 is 5.32 Å². The van der Waals surface area contributed by atoms with Gasteiger partial charge in [0.1, 0.15) is 0 Å². The van der Waals surface area contributed by atoms with E-state index in [4.69, 9.17) is 4.74 Å². The maximum atomic E-state index is 12.9. The fraction of sp³-hybridized carbons (Fsp3) is 0.200. The summed E-state index contributed by atoms with van der Waals surface area (Å²) in [5.41, 5.74) is 1.15. The van der Waals surface area contributed by atoms with Crippen molar-refractivity contribution in [2.24, 2.45) is 0 Å². The molecule has 1 atom stereocenters. The zero-order valence-electron chi connectivity index (χ0n) is 15.4. The number of ether oxygens (including phenoxy) is 1. The molecule has 1 aliphatic heterocycles. The van der Waals surface area contributed by atoms with Gasteiger partial charge in [-0.3, -0.25) is 15.0 Å². The van der Waals surface area contributed by atoms with Gasteiger partial charge < -0.3 is 10.1 Å². The first-order valence-corrected chi connectivity index (χ1v) is 8.70. The number of carbonyl (C=O) groups is 2. The van der Waals surface area contributed by atoms with Crippen LogP contribution in [0.4, 0.5) is 10.5 Å². The molecule has 8 nitrogen and oxygen atoms in total. The molecule has 2 amide bonds. The molecule has 0 saturated heterocycles. The summed E-state index contributed by atoms with van der Waals surface area (Å²) in [6.07, 6.45) is 0. The van der Waals surface area contributed by atoms with Crippen molar-refractivity contribution in [3.63, 3.8) is 0 Å². The van der Waals surface area contributed by atoms with E-state index >= 15 is 0 Å². The number of hydrogen-bond donors (Lipinski definition) is 1. The second-order valence-corrected chi connectivity index (χ2v) is 6.11. The molecule has 0 saturated carbocycles. The van der Waals surface area contributed by atoms with Crippen LogP contribution in [0.3, 0.4) is 0 Å². The van der Waals surface area contributed by atoms with E-state index in [1.165, 1.54) is 30.1 Å². The minimum atomic E-state index is -1.01. The van der Waals surface area contributed by atoms with Gasteiger partial charge in [0.15, 0.2) is 0 Å². The number of nitro groups is 1. The summed E-state index contributed by atoms with van der Waals surface area (Å²) in [6.45, 7) is 1.80. The lowest BCUT2D eigenvalue weighted by atomic mass is 9.91. The number of nitrogens with zero attached hydrogens (tertiary/aromatic N) is 2. The van der Waals surface area contributed by atoms with E-state index < -0.39 is 23.0 Å². The second kappa shape index (κ2) is 7.91. The van der Waals surface area contributed by atoms with Crippen molar-refractivity contribution >= 4 is 23.4 Å². The molecule has 0 spiro atoms. The van der Waals surface area contributed by atoms with Gasteiger partial charge >= 0.3 is 12.0 Å². The van der Waals surface area contributed by atoms with Crippen LogP contribution in [0.5, 0.6) is 0 Å². The molecule has 8 heteroatoms. The Labute approximate surface area is 161 Å². The van der Waals surface area contributed by atoms with E-state index in [9.17, 15) is 19.7 Å². The highest BCUT2D eigenvalue weighted by Crippen LogP contribution is 2.38. The molecule has 0 bridgehead atoms. The van der Waals surface area contributed by atoms with E-state index in [0.29, 0.717) is 11.3 Å². The molecule has 0 aliphatic carbocycles. The van der Waals surface area contributed by atoms with E-state index in [2.05, 4.69) is 5.32 Å². The predicted molar refractivity (Wildman–Crippen MR) is 102 cm³/mol. The largest absolute Gasteiger partial charge is 0.463 e. The topological polar surface area (TPSA) is 102 Å². The molecule has 2 aromatic rings. The Morgan fingerprint density at radius 1 is 1.18 bits per heavy atom. The number of rotatable bonds is 5. The highest BCUT2D eigenvalue weighted by Gasteiger charge is 2.39. The molecule has 144 valence electrons. The van der Waals surface area contributed by atoms with E-state index in [1.807, 2.05) is 6.07 Å². The predicted octanol–water partition coefficient (Wildman–Crippen LogP) is 3.27. The first-order chi connectivity index (χ1) is 13.5. The quantitative estimate of drug-likeness (QED) is 0.487. The summed E-state index contributed by atoms with van der Waals surface area (Å²) in [5, 5.41) is 14.2. The Balaban J connectivity index is 2.30. The van der Waals surface area contributed by atoms with Crippen LogP contribution in [0.25, 0.3) is 5.70 Å². The smallest absolute Gasteiger partial charge is 0.338 e. The summed E-state index contributed by atoms with van der Waals surface area (Å²) in [6, 6.07) is 13.4. The third-order valence-electron chi connectivity index (χ3n) is 4.44. The van der Waals surface area contributed by atoms with Crippen molar-refractivity contribution in [2.75, 3.05) is 13.7 Å². The molecule has 0 unspecified atom stereocenters. The minimum Gasteiger partial charge on any atom is -0.463 e. The first-order valence-electron chi connectivity index (χ1n) is 8.70. The zero-order chi connectivity index (χ0) is 20.3. The molecule has 28 heavy (non-hydrogen) atoms. The third-order valence-corrected chi connectivity index (χ3v) is 4.44. The van der Waals surface area contributed by atoms with Crippen LogP contribution in [-0.2, 0) is 9.53 Å². The van der Waals surface area contributed by atoms with E-state index in [1.54, 1.807) is 37.3 Å². The van der Waals surface area contributed by atoms with Crippen molar-refractivity contribution < 1.29 is 19.2 Å². The van der Waals surface area contributed by atoms with Gasteiger partial charge in [-0.05, 0) is 18.6 Å². The van der Waals surface area contributed by atoms with Crippen LogP contribution in [-0.4, -0.2) is 35.5 Å². The van der Waals surface area contributed by atoms with Gasteiger partial charge in [-0.1, -0.05) is 42.5 Å². The molecular weight excluding hydrogens is 362 g/mol. The summed E-state index contributed by atoms with van der Waals surface area (Å²) in [5.74, 6) is -0.642. The average molecular weight is 381 g/mol. The van der Waals surface area contributed by atoms with Crippen LogP contribution >= 0.6 is 0 Å². The normalized spacial score (nSPS) is 16.6. The Kier molecular flexibility index (Phi) is 5.39. The van der Waals surface area contributed by atoms with Gasteiger partial charge in [0.05, 0.1) is 34.4 Å². The first kappa shape index (κ1) is 19.1. The molecule has 0 fully saturated rings. The molecule has 3 rings (SSSR count). The lowest BCUT2D eigenvalue weighted by Gasteiger charge is -2.34. The van der Waals surface area contributed by atoms with Gasteiger partial charge in [0.25, 0.3) is 5.69 Å². The summed E-state index contributed by atoms with van der Waals surface area (Å²) < 4.78 is 5.22. The molecule has 1 aliphatic rings. The summed E-state index contributed by atoms with van der Waals surface area (Å²) in [7, 11) is 1.53. The number of nitrogens with one attached hydrogen (secondary N) is 1. The SMILES string of the molecule is CCOC(=O)C1=C(c2ccccc2)N(C)C(=O)N[C@@H]1c1ccccc1[N+](=O)[O-]. The minimum absolute atomic E-state index is 0.131. The third kappa shape index (κ3) is 3.44. The highest BCUT2D eigenvalue weighted by atomic mass is 16.6. The number of urea groups is 1. The monoisotopic (exact) mass is 381 g/mol. The lowest BCUT2D eigenvalue weighted by molar-refractivity contribution is -0.385. The van der Waals surface area contributed by atoms with Crippen LogP contribution in [0.1, 0.15) is 24.1 Å². The Hall–Kier alpha value is -3.68. The Morgan fingerprint density at radius 3 is 2.46 bits per heavy atom. The van der Waals surface area contributed by atoms with Gasteiger partial charge in [0, 0.05) is 13.1 Å². The molecule has 1 heterocycles. The van der Waals surface area contributed by atoms with Gasteiger partial charge in [-0.25, -0.2) is 9.59 Å². The molecular formula is C20H19N3O5. The van der Waals surface area contributed by atoms with E-state index in [0.717, 1.165) is 0 Å². The Bertz CT molecular complexity index is 955. The summed E-state index contributed by atoms with van der Waals surface area (Å²) in [4.78, 5) is 37.8. The number of benzene rings is 2. The van der Waals surface area contributed by atoms with Crippen molar-refractivity contribution in [3.8, 4) is 0 Å². The Morgan fingerprint density at radius 2 is 1.82 bits per heavy atom. The average Bonchev–Trinajstić information content (AvgIpc) is 2.70. The lowest BCUT2D eigenvalue weighted by Crippen LogP contribution is -2.46. The molecule has 2 aromatic carbocycles. The number of amides is 2. The van der Waals surface area contributed by atoms with Crippen LogP contribution in [0.2, 0.25) is 0 Å². The number of hydrogen-bond acceptors (Lipinski definition) is 5. The van der Waals surface area contributed by atoms with E-state index in [-0.39, 0.29) is 23.4 Å². The van der Waals surface area contributed by atoms with Crippen molar-refractivity contribution in [1.82, 2.24) is 10.2 Å². The van der Waals surface area contributed by atoms with Crippen molar-refractivity contribution in [1.29, 1.82) is 0 Å². The number of para-hydroxylation sites is 1. The number of carbonyl (C=O) groups excluding carboxylic acids is 2. The maximum absolute atomic E-state index is 12.9. The van der Waals surface area contributed by atoms with Crippen LogP contribution in [0, 0.1) is 10.1 Å². The fourth-order valence-electron chi connectivity index (χ4n) is 3.21. The van der Waals surface area contributed by atoms with Crippen molar-refractivity contribution in [2.45, 2.75) is 13.0 Å². The molecule has 0 aromatic heterocycles. The zero-order valence-corrected chi connectivity index (χ0v) is 15.4. The fourth-order valence-corrected chi connectivity index (χ4v) is 3.21. The standard InChI is InChI=1S/C20H19N3O5/c1-3-28-19(24)16-17(14-11-7-8-12-15(14)23(26)27)21-20(25)22(2)18(16)13-9-5-4-6-10-13/h4-12,17H,3H2,1-2H3,(H,21,25)/t17-/m1/s1. The van der Waals surface area contributed by atoms with Crippen LogP contribution in [0.15, 0.2) is 60.2 Å². The molecule has 1 N–H and O–H groups in total. The van der Waals surface area contributed by atoms with Gasteiger partial charge in [0.2, 0.25) is 0 Å². The number of nitro benzene ring substituents is 1. The summed E-state index contributed by atoms with van der Waals surface area (Å²) >= 11 is 0. The van der Waals surface area contributed by atoms with Crippen molar-refractivity contribution in [3.05, 3.63) is 81.4 Å². The van der Waals surface area contributed by atoms with Gasteiger partial charge in [-0.15, -0.1) is 0 Å². The second-order valence-electron chi connectivity index (χ2n) is 6.11. The van der Waals surface area contributed by atoms with Gasteiger partial charge in [-0.2, -0.15) is 0 Å². The number of esters is 1.